The van der Waals surface area contributed by atoms with E-state index in [9.17, 15) is 8.42 Å². The molecule has 0 unspecified atom stereocenters. The number of benzene rings is 1. The summed E-state index contributed by atoms with van der Waals surface area (Å²) in [7, 11) is -3.29. The number of sulfone groups is 1. The zero-order chi connectivity index (χ0) is 11.6. The average molecular weight is 236 g/mol. The van der Waals surface area contributed by atoms with Gasteiger partial charge in [0.2, 0.25) is 0 Å². The van der Waals surface area contributed by atoms with Gasteiger partial charge in [-0.3, -0.25) is 0 Å². The van der Waals surface area contributed by atoms with Crippen molar-refractivity contribution in [3.05, 3.63) is 54.0 Å². The highest BCUT2D eigenvalue weighted by atomic mass is 32.2. The third-order valence-electron chi connectivity index (χ3n) is 2.23. The van der Waals surface area contributed by atoms with Gasteiger partial charge in [0.25, 0.3) is 0 Å². The lowest BCUT2D eigenvalue weighted by Crippen LogP contribution is -2.03. The zero-order valence-electron chi connectivity index (χ0n) is 8.88. The first-order valence-corrected chi connectivity index (χ1v) is 6.56. The second-order valence-electron chi connectivity index (χ2n) is 3.58. The minimum absolute atomic E-state index is 0.0924. The maximum atomic E-state index is 12.0. The summed E-state index contributed by atoms with van der Waals surface area (Å²) >= 11 is 0. The average Bonchev–Trinajstić information content (AvgIpc) is 2.64. The number of rotatable bonds is 3. The van der Waals surface area contributed by atoms with Gasteiger partial charge in [-0.1, -0.05) is 18.2 Å². The van der Waals surface area contributed by atoms with Gasteiger partial charge in [0, 0.05) is 0 Å². The molecule has 1 heterocycles. The Balaban J connectivity index is 2.28. The van der Waals surface area contributed by atoms with Gasteiger partial charge in [0.05, 0.1) is 4.90 Å². The van der Waals surface area contributed by atoms with Crippen LogP contribution < -0.4 is 0 Å². The minimum atomic E-state index is -3.29. The molecule has 2 aromatic rings. The van der Waals surface area contributed by atoms with Crippen molar-refractivity contribution in [1.82, 2.24) is 0 Å². The summed E-state index contributed by atoms with van der Waals surface area (Å²) in [6, 6.07) is 11.8. The van der Waals surface area contributed by atoms with Crippen LogP contribution in [-0.4, -0.2) is 8.42 Å². The lowest BCUT2D eigenvalue weighted by Gasteiger charge is -2.01. The first-order chi connectivity index (χ1) is 7.58. The molecule has 4 heteroatoms. The molecule has 0 atom stereocenters. The molecule has 0 amide bonds. The van der Waals surface area contributed by atoms with Gasteiger partial charge in [-0.25, -0.2) is 8.42 Å². The molecule has 84 valence electrons. The predicted octanol–water partition coefficient (Wildman–Crippen LogP) is 2.56. The lowest BCUT2D eigenvalue weighted by molar-refractivity contribution is 0.495. The molecular formula is C12H12O3S. The summed E-state index contributed by atoms with van der Waals surface area (Å²) in [5.74, 6) is 1.10. The summed E-state index contributed by atoms with van der Waals surface area (Å²) in [5.41, 5.74) is 0. The molecule has 0 radical (unpaired) electrons. The standard InChI is InChI=1S/C12H12O3S/c1-10-7-8-11(15-10)9-16(13,14)12-5-3-2-4-6-12/h2-8H,9H2,1H3. The van der Waals surface area contributed by atoms with E-state index < -0.39 is 9.84 Å². The van der Waals surface area contributed by atoms with Crippen LogP contribution in [0.15, 0.2) is 51.8 Å². The first-order valence-electron chi connectivity index (χ1n) is 4.91. The fraction of sp³-hybridized carbons (Fsp3) is 0.167. The van der Waals surface area contributed by atoms with Gasteiger partial charge >= 0.3 is 0 Å². The van der Waals surface area contributed by atoms with Crippen molar-refractivity contribution >= 4 is 9.84 Å². The highest BCUT2D eigenvalue weighted by Crippen LogP contribution is 2.17. The molecular weight excluding hydrogens is 224 g/mol. The smallest absolute Gasteiger partial charge is 0.185 e. The Labute approximate surface area is 94.6 Å². The molecule has 0 N–H and O–H groups in total. The van der Waals surface area contributed by atoms with Crippen LogP contribution >= 0.6 is 0 Å². The molecule has 0 aliphatic heterocycles. The molecule has 0 saturated carbocycles. The summed E-state index contributed by atoms with van der Waals surface area (Å²) < 4.78 is 29.2. The van der Waals surface area contributed by atoms with Crippen LogP contribution in [0.3, 0.4) is 0 Å². The van der Waals surface area contributed by atoms with E-state index in [2.05, 4.69) is 0 Å². The highest BCUT2D eigenvalue weighted by Gasteiger charge is 2.16. The van der Waals surface area contributed by atoms with Crippen molar-refractivity contribution in [3.8, 4) is 0 Å². The van der Waals surface area contributed by atoms with E-state index in [4.69, 9.17) is 4.42 Å². The van der Waals surface area contributed by atoms with Crippen LogP contribution in [-0.2, 0) is 15.6 Å². The Bertz CT molecular complexity index is 567. The quantitative estimate of drug-likeness (QED) is 0.822. The number of hydrogen-bond acceptors (Lipinski definition) is 3. The maximum Gasteiger partial charge on any atom is 0.185 e. The second-order valence-corrected chi connectivity index (χ2v) is 5.57. The van der Waals surface area contributed by atoms with Gasteiger partial charge < -0.3 is 4.42 Å². The van der Waals surface area contributed by atoms with Crippen LogP contribution in [0.5, 0.6) is 0 Å². The highest BCUT2D eigenvalue weighted by molar-refractivity contribution is 7.90. The largest absolute Gasteiger partial charge is 0.465 e. The molecule has 1 aromatic carbocycles. The monoisotopic (exact) mass is 236 g/mol. The van der Waals surface area contributed by atoms with Crippen molar-refractivity contribution in [3.63, 3.8) is 0 Å². The van der Waals surface area contributed by atoms with Crippen LogP contribution in [0, 0.1) is 6.92 Å². The van der Waals surface area contributed by atoms with Gasteiger partial charge in [-0.2, -0.15) is 0 Å². The van der Waals surface area contributed by atoms with Crippen LogP contribution in [0.4, 0.5) is 0 Å². The first kappa shape index (κ1) is 11.0. The molecule has 1 aromatic heterocycles. The van der Waals surface area contributed by atoms with E-state index in [1.54, 1.807) is 49.4 Å². The Morgan fingerprint density at radius 2 is 1.75 bits per heavy atom. The van der Waals surface area contributed by atoms with Crippen molar-refractivity contribution in [2.75, 3.05) is 0 Å². The fourth-order valence-electron chi connectivity index (χ4n) is 1.46. The molecule has 0 bridgehead atoms. The molecule has 3 nitrogen and oxygen atoms in total. The van der Waals surface area contributed by atoms with Gasteiger partial charge in [-0.05, 0) is 31.2 Å². The molecule has 2 rings (SSSR count). The summed E-state index contributed by atoms with van der Waals surface area (Å²) in [6.07, 6.45) is 0. The van der Waals surface area contributed by atoms with E-state index in [-0.39, 0.29) is 5.75 Å². The van der Waals surface area contributed by atoms with E-state index in [0.717, 1.165) is 5.76 Å². The third kappa shape index (κ3) is 2.33. The van der Waals surface area contributed by atoms with Crippen molar-refractivity contribution in [2.45, 2.75) is 17.6 Å². The van der Waals surface area contributed by atoms with Gasteiger partial charge in [0.1, 0.15) is 17.3 Å². The SMILES string of the molecule is Cc1ccc(CS(=O)(=O)c2ccccc2)o1. The van der Waals surface area contributed by atoms with E-state index >= 15 is 0 Å². The minimum Gasteiger partial charge on any atom is -0.465 e. The molecule has 0 fully saturated rings. The molecule has 0 spiro atoms. The second kappa shape index (κ2) is 4.14. The van der Waals surface area contributed by atoms with Crippen molar-refractivity contribution in [2.24, 2.45) is 0 Å². The third-order valence-corrected chi connectivity index (χ3v) is 3.89. The zero-order valence-corrected chi connectivity index (χ0v) is 9.70. The topological polar surface area (TPSA) is 47.3 Å². The molecule has 0 saturated heterocycles. The predicted molar refractivity (Wildman–Crippen MR) is 60.8 cm³/mol. The van der Waals surface area contributed by atoms with E-state index in [1.807, 2.05) is 0 Å². The summed E-state index contributed by atoms with van der Waals surface area (Å²) in [4.78, 5) is 0.323. The van der Waals surface area contributed by atoms with E-state index in [1.165, 1.54) is 0 Å². The fourth-order valence-corrected chi connectivity index (χ4v) is 2.73. The summed E-state index contributed by atoms with van der Waals surface area (Å²) in [5, 5.41) is 0. The van der Waals surface area contributed by atoms with Crippen LogP contribution in [0.1, 0.15) is 11.5 Å². The number of hydrogen-bond donors (Lipinski definition) is 0. The van der Waals surface area contributed by atoms with Crippen LogP contribution in [0.25, 0.3) is 0 Å². The summed E-state index contributed by atoms with van der Waals surface area (Å²) in [6.45, 7) is 1.79. The van der Waals surface area contributed by atoms with Gasteiger partial charge in [-0.15, -0.1) is 0 Å². The lowest BCUT2D eigenvalue weighted by atomic mass is 10.4. The van der Waals surface area contributed by atoms with Crippen molar-refractivity contribution < 1.29 is 12.8 Å². The molecule has 16 heavy (non-hydrogen) atoms. The van der Waals surface area contributed by atoms with Crippen molar-refractivity contribution in [1.29, 1.82) is 0 Å². The number of furan rings is 1. The van der Waals surface area contributed by atoms with E-state index in [0.29, 0.717) is 10.7 Å². The van der Waals surface area contributed by atoms with Crippen LogP contribution in [0.2, 0.25) is 0 Å². The number of aryl methyl sites for hydroxylation is 1. The Morgan fingerprint density at radius 1 is 1.06 bits per heavy atom. The molecule has 0 aliphatic carbocycles. The Kier molecular flexibility index (Phi) is 2.83. The Hall–Kier alpha value is -1.55. The maximum absolute atomic E-state index is 12.0. The van der Waals surface area contributed by atoms with Gasteiger partial charge in [0.15, 0.2) is 9.84 Å². The molecule has 0 aliphatic rings. The Morgan fingerprint density at radius 3 is 2.31 bits per heavy atom. The normalized spacial score (nSPS) is 11.6.